The number of fused-ring (bicyclic) bond motifs is 5. The number of hydrogen-bond acceptors (Lipinski definition) is 2. The highest BCUT2D eigenvalue weighted by atomic mass is 16.5. The van der Waals surface area contributed by atoms with E-state index in [-0.39, 0.29) is 17.5 Å². The normalized spacial score (nSPS) is 33.1. The van der Waals surface area contributed by atoms with Gasteiger partial charge in [0.25, 0.3) is 0 Å². The Morgan fingerprint density at radius 3 is 2.34 bits per heavy atom. The summed E-state index contributed by atoms with van der Waals surface area (Å²) in [6.45, 7) is 7.57. The van der Waals surface area contributed by atoms with Crippen LogP contribution in [0.5, 0.6) is 0 Å². The monoisotopic (exact) mass is 592 g/mol. The average molecular weight is 593 g/mol. The summed E-state index contributed by atoms with van der Waals surface area (Å²) in [6, 6.07) is 20.1. The first-order valence-corrected chi connectivity index (χ1v) is 18.1. The zero-order valence-corrected chi connectivity index (χ0v) is 27.7. The van der Waals surface area contributed by atoms with Crippen LogP contribution in [0.4, 0.5) is 0 Å². The minimum atomic E-state index is -0.196. The standard InChI is InChI=1S/C42H56O2/c1-4-5-6-7-8-15-20-33-22-24-38-36-23-21-34-30-35(25-27-42(34,3)39(36)26-28-41(33,38)2)44-40(43)37(32-18-13-10-14-19-32)29-31-16-11-9-12-17-31/h9-14,16-19,21,29,33,35-36,38-39H,4-8,15,20,22-28,30H2,1-3H3/b37-29+/t33?,35-,36?,38?,39?,41+,42-/m0/s1. The SMILES string of the molecule is CCCCCCCCC1CCC2C3CC=C4C[C@@H](OC(=O)/C(=C/c5ccccc5)c5ccccc5)CC[C@]4(C)C3CC[C@]12C. The molecule has 2 heteroatoms. The molecule has 2 nitrogen and oxygen atoms in total. The number of ether oxygens (including phenoxy) is 1. The number of carbonyl (C=O) groups excluding carboxylic acids is 1. The molecule has 0 radical (unpaired) electrons. The van der Waals surface area contributed by atoms with Gasteiger partial charge in [0.2, 0.25) is 0 Å². The molecule has 2 aromatic rings. The van der Waals surface area contributed by atoms with Crippen LogP contribution >= 0.6 is 0 Å². The van der Waals surface area contributed by atoms with Gasteiger partial charge in [0.05, 0.1) is 5.57 Å². The number of rotatable bonds is 11. The molecular weight excluding hydrogens is 536 g/mol. The predicted octanol–water partition coefficient (Wildman–Crippen LogP) is 11.5. The lowest BCUT2D eigenvalue weighted by Gasteiger charge is -2.58. The van der Waals surface area contributed by atoms with Crippen molar-refractivity contribution in [2.24, 2.45) is 34.5 Å². The van der Waals surface area contributed by atoms with E-state index in [1.165, 1.54) is 77.0 Å². The van der Waals surface area contributed by atoms with E-state index in [2.05, 4.69) is 26.8 Å². The van der Waals surface area contributed by atoms with E-state index in [4.69, 9.17) is 4.74 Å². The zero-order valence-electron chi connectivity index (χ0n) is 27.7. The van der Waals surface area contributed by atoms with Crippen molar-refractivity contribution in [2.75, 3.05) is 0 Å². The molecule has 0 aromatic heterocycles. The second-order valence-corrected chi connectivity index (χ2v) is 15.2. The lowest BCUT2D eigenvalue weighted by atomic mass is 9.47. The van der Waals surface area contributed by atoms with Gasteiger partial charge in [-0.2, -0.15) is 0 Å². The second-order valence-electron chi connectivity index (χ2n) is 15.2. The Hall–Kier alpha value is -2.61. The van der Waals surface area contributed by atoms with Gasteiger partial charge in [-0.1, -0.05) is 132 Å². The quantitative estimate of drug-likeness (QED) is 0.0853. The third kappa shape index (κ3) is 6.38. The van der Waals surface area contributed by atoms with Crippen molar-refractivity contribution < 1.29 is 9.53 Å². The largest absolute Gasteiger partial charge is 0.458 e. The molecule has 44 heavy (non-hydrogen) atoms. The van der Waals surface area contributed by atoms with Gasteiger partial charge in [0, 0.05) is 6.42 Å². The lowest BCUT2D eigenvalue weighted by molar-refractivity contribution is -0.144. The maximum atomic E-state index is 13.7. The topological polar surface area (TPSA) is 26.3 Å². The number of benzene rings is 2. The summed E-state index contributed by atoms with van der Waals surface area (Å²) in [5.74, 6) is 3.28. The van der Waals surface area contributed by atoms with E-state index >= 15 is 0 Å². The van der Waals surface area contributed by atoms with Gasteiger partial charge >= 0.3 is 5.97 Å². The number of allylic oxidation sites excluding steroid dienone is 1. The lowest BCUT2D eigenvalue weighted by Crippen LogP contribution is -2.50. The number of unbranched alkanes of at least 4 members (excludes halogenated alkanes) is 5. The first-order valence-electron chi connectivity index (χ1n) is 18.1. The third-order valence-corrected chi connectivity index (χ3v) is 12.9. The van der Waals surface area contributed by atoms with Crippen LogP contribution in [-0.4, -0.2) is 12.1 Å². The molecule has 0 saturated heterocycles. The van der Waals surface area contributed by atoms with E-state index in [9.17, 15) is 4.79 Å². The Bertz CT molecular complexity index is 1310. The van der Waals surface area contributed by atoms with Gasteiger partial charge in [-0.05, 0) is 103 Å². The number of carbonyl (C=O) groups is 1. The van der Waals surface area contributed by atoms with Crippen LogP contribution in [0.15, 0.2) is 72.3 Å². The highest BCUT2D eigenvalue weighted by Crippen LogP contribution is 2.66. The van der Waals surface area contributed by atoms with Crippen LogP contribution in [0.2, 0.25) is 0 Å². The molecular formula is C42H56O2. The van der Waals surface area contributed by atoms with Gasteiger partial charge in [0.1, 0.15) is 6.10 Å². The van der Waals surface area contributed by atoms with Crippen molar-refractivity contribution in [3.63, 3.8) is 0 Å². The number of esters is 1. The van der Waals surface area contributed by atoms with Crippen molar-refractivity contribution in [1.82, 2.24) is 0 Å². The summed E-state index contributed by atoms with van der Waals surface area (Å²) in [5.41, 5.74) is 4.99. The van der Waals surface area contributed by atoms with Crippen LogP contribution < -0.4 is 0 Å². The van der Waals surface area contributed by atoms with E-state index in [0.29, 0.717) is 11.0 Å². The van der Waals surface area contributed by atoms with Gasteiger partial charge in [0.15, 0.2) is 0 Å². The van der Waals surface area contributed by atoms with Crippen molar-refractivity contribution in [2.45, 2.75) is 123 Å². The smallest absolute Gasteiger partial charge is 0.339 e. The minimum Gasteiger partial charge on any atom is -0.458 e. The molecule has 4 aliphatic rings. The second kappa shape index (κ2) is 13.8. The van der Waals surface area contributed by atoms with Crippen LogP contribution in [0, 0.1) is 34.5 Å². The maximum Gasteiger partial charge on any atom is 0.339 e. The fourth-order valence-electron chi connectivity index (χ4n) is 10.3. The summed E-state index contributed by atoms with van der Waals surface area (Å²) in [4.78, 5) is 13.7. The van der Waals surface area contributed by atoms with Crippen molar-refractivity contribution in [3.05, 3.63) is 83.4 Å². The molecule has 3 fully saturated rings. The molecule has 0 spiro atoms. The molecule has 6 rings (SSSR count). The minimum absolute atomic E-state index is 0.0386. The first-order chi connectivity index (χ1) is 21.4. The van der Waals surface area contributed by atoms with E-state index in [1.54, 1.807) is 5.57 Å². The predicted molar refractivity (Wildman–Crippen MR) is 184 cm³/mol. The summed E-state index contributed by atoms with van der Waals surface area (Å²) in [6.07, 6.45) is 24.5. The molecule has 3 saturated carbocycles. The van der Waals surface area contributed by atoms with Gasteiger partial charge in [-0.3, -0.25) is 0 Å². The Balaban J connectivity index is 1.11. The van der Waals surface area contributed by atoms with Crippen LogP contribution in [0.25, 0.3) is 11.6 Å². The molecule has 0 heterocycles. The molecule has 0 aliphatic heterocycles. The van der Waals surface area contributed by atoms with E-state index < -0.39 is 0 Å². The summed E-state index contributed by atoms with van der Waals surface area (Å²) >= 11 is 0. The van der Waals surface area contributed by atoms with Crippen LogP contribution in [0.1, 0.15) is 128 Å². The van der Waals surface area contributed by atoms with E-state index in [1.807, 2.05) is 66.7 Å². The summed E-state index contributed by atoms with van der Waals surface area (Å²) < 4.78 is 6.33. The average Bonchev–Trinajstić information content (AvgIpc) is 3.38. The number of hydrogen-bond donors (Lipinski definition) is 0. The first kappa shape index (κ1) is 31.4. The highest BCUT2D eigenvalue weighted by molar-refractivity contribution is 6.21. The summed E-state index contributed by atoms with van der Waals surface area (Å²) in [5, 5.41) is 0. The van der Waals surface area contributed by atoms with E-state index in [0.717, 1.165) is 54.1 Å². The molecule has 236 valence electrons. The Kier molecular flexibility index (Phi) is 9.84. The van der Waals surface area contributed by atoms with Crippen LogP contribution in [-0.2, 0) is 9.53 Å². The molecule has 7 atom stereocenters. The fraction of sp³-hybridized carbons (Fsp3) is 0.595. The molecule has 0 N–H and O–H groups in total. The molecule has 4 unspecified atom stereocenters. The Morgan fingerprint density at radius 2 is 1.57 bits per heavy atom. The highest BCUT2D eigenvalue weighted by Gasteiger charge is 2.58. The van der Waals surface area contributed by atoms with Gasteiger partial charge in [-0.15, -0.1) is 0 Å². The Labute approximate surface area is 267 Å². The molecule has 0 bridgehead atoms. The molecule has 2 aromatic carbocycles. The van der Waals surface area contributed by atoms with Crippen molar-refractivity contribution >= 4 is 17.6 Å². The summed E-state index contributed by atoms with van der Waals surface area (Å²) in [7, 11) is 0. The van der Waals surface area contributed by atoms with Crippen LogP contribution in [0.3, 0.4) is 0 Å². The van der Waals surface area contributed by atoms with Gasteiger partial charge in [-0.25, -0.2) is 4.79 Å². The van der Waals surface area contributed by atoms with Crippen molar-refractivity contribution in [3.8, 4) is 0 Å². The van der Waals surface area contributed by atoms with Crippen molar-refractivity contribution in [1.29, 1.82) is 0 Å². The third-order valence-electron chi connectivity index (χ3n) is 12.9. The fourth-order valence-corrected chi connectivity index (χ4v) is 10.3. The molecule has 4 aliphatic carbocycles. The zero-order chi connectivity index (χ0) is 30.6. The molecule has 0 amide bonds. The maximum absolute atomic E-state index is 13.7. The van der Waals surface area contributed by atoms with Gasteiger partial charge < -0.3 is 4.74 Å². The Morgan fingerprint density at radius 1 is 0.841 bits per heavy atom.